The summed E-state index contributed by atoms with van der Waals surface area (Å²) in [4.78, 5) is 53.7. The molecule has 11 heteroatoms. The fourth-order valence-corrected chi connectivity index (χ4v) is 8.95. The van der Waals surface area contributed by atoms with Crippen LogP contribution < -0.4 is 9.64 Å². The first-order valence-electron chi connectivity index (χ1n) is 14.5. The van der Waals surface area contributed by atoms with Crippen LogP contribution in [0.5, 0.6) is 11.5 Å². The second-order valence-electron chi connectivity index (χ2n) is 11.8. The Kier molecular flexibility index (Phi) is 7.34. The standard InChI is InChI=1S/C34H27BrCl2N2O6/c35-18-38-31(43)33(36)16-25-22(13-14-24-27(25)30(42)39(29(24)41)20-9-5-2-6-10-20)28(34(33,37)32(38)44)23-12-11-21(15-26(23)40)45-17-19-7-3-1-4-8-19/h1-13,15,24-25,27-28,40H,14,16-18H2. The van der Waals surface area contributed by atoms with Crippen LogP contribution in [-0.2, 0) is 25.8 Å². The van der Waals surface area contributed by atoms with Gasteiger partial charge in [-0.2, -0.15) is 0 Å². The summed E-state index contributed by atoms with van der Waals surface area (Å²) in [5.41, 5.74) is 2.14. The van der Waals surface area contributed by atoms with E-state index in [1.807, 2.05) is 36.4 Å². The van der Waals surface area contributed by atoms with Gasteiger partial charge in [0.15, 0.2) is 9.75 Å². The zero-order valence-corrected chi connectivity index (χ0v) is 26.8. The predicted octanol–water partition coefficient (Wildman–Crippen LogP) is 5.89. The molecule has 7 rings (SSSR count). The molecule has 0 aromatic heterocycles. The summed E-state index contributed by atoms with van der Waals surface area (Å²) in [6.07, 6.45) is 1.94. The molecule has 0 bridgehead atoms. The number of para-hydroxylation sites is 1. The third-order valence-corrected chi connectivity index (χ3v) is 11.5. The van der Waals surface area contributed by atoms with Crippen LogP contribution >= 0.6 is 39.1 Å². The van der Waals surface area contributed by atoms with E-state index in [0.29, 0.717) is 17.0 Å². The minimum Gasteiger partial charge on any atom is -0.508 e. The number of imide groups is 2. The monoisotopic (exact) mass is 708 g/mol. The normalized spacial score (nSPS) is 30.6. The highest BCUT2D eigenvalue weighted by Crippen LogP contribution is 2.66. The zero-order valence-electron chi connectivity index (χ0n) is 23.7. The van der Waals surface area contributed by atoms with Crippen molar-refractivity contribution < 1.29 is 29.0 Å². The average molecular weight is 710 g/mol. The van der Waals surface area contributed by atoms with Gasteiger partial charge in [-0.05, 0) is 42.5 Å². The van der Waals surface area contributed by atoms with Crippen molar-refractivity contribution in [3.05, 3.63) is 102 Å². The van der Waals surface area contributed by atoms with Crippen molar-refractivity contribution in [2.75, 3.05) is 10.4 Å². The quantitative estimate of drug-likeness (QED) is 0.148. The summed E-state index contributed by atoms with van der Waals surface area (Å²) in [5.74, 6) is -5.18. The number of nitrogens with zero attached hydrogens (tertiary/aromatic N) is 2. The van der Waals surface area contributed by atoms with E-state index in [0.717, 1.165) is 10.5 Å². The van der Waals surface area contributed by atoms with E-state index >= 15 is 0 Å². The summed E-state index contributed by atoms with van der Waals surface area (Å²) >= 11 is 17.8. The highest BCUT2D eigenvalue weighted by atomic mass is 79.9. The minimum atomic E-state index is -2.01. The number of ether oxygens (including phenoxy) is 1. The number of rotatable bonds is 6. The van der Waals surface area contributed by atoms with E-state index in [1.165, 1.54) is 11.0 Å². The van der Waals surface area contributed by atoms with Crippen molar-refractivity contribution in [3.8, 4) is 11.5 Å². The lowest BCUT2D eigenvalue weighted by atomic mass is 9.56. The highest BCUT2D eigenvalue weighted by molar-refractivity contribution is 9.09. The lowest BCUT2D eigenvalue weighted by Gasteiger charge is -2.50. The number of fused-ring (bicyclic) bond motifs is 4. The lowest BCUT2D eigenvalue weighted by molar-refractivity contribution is -0.138. The van der Waals surface area contributed by atoms with Gasteiger partial charge in [0, 0.05) is 17.5 Å². The molecule has 4 aliphatic rings. The number of hydrogen-bond acceptors (Lipinski definition) is 6. The molecule has 2 saturated heterocycles. The number of aromatic hydroxyl groups is 1. The van der Waals surface area contributed by atoms with E-state index in [-0.39, 0.29) is 42.1 Å². The number of likely N-dealkylation sites (tertiary alicyclic amines) is 1. The zero-order chi connectivity index (χ0) is 31.7. The molecule has 1 saturated carbocycles. The summed E-state index contributed by atoms with van der Waals surface area (Å²) in [7, 11) is 0. The molecule has 2 aliphatic heterocycles. The van der Waals surface area contributed by atoms with Crippen LogP contribution in [0.25, 0.3) is 0 Å². The van der Waals surface area contributed by atoms with Crippen LogP contribution in [0.1, 0.15) is 29.9 Å². The second kappa shape index (κ2) is 11.0. The van der Waals surface area contributed by atoms with E-state index < -0.39 is 51.1 Å². The molecule has 3 aromatic rings. The maximum Gasteiger partial charge on any atom is 0.254 e. The number of phenolic OH excluding ortho intramolecular Hbond substituents is 1. The molecular formula is C34H27BrCl2N2O6. The largest absolute Gasteiger partial charge is 0.508 e. The molecule has 0 radical (unpaired) electrons. The van der Waals surface area contributed by atoms with E-state index in [9.17, 15) is 24.3 Å². The number of halogens is 3. The van der Waals surface area contributed by atoms with Gasteiger partial charge in [0.05, 0.1) is 23.0 Å². The number of amides is 4. The Morgan fingerprint density at radius 3 is 2.24 bits per heavy atom. The third-order valence-electron chi connectivity index (χ3n) is 9.59. The van der Waals surface area contributed by atoms with Gasteiger partial charge >= 0.3 is 0 Å². The van der Waals surface area contributed by atoms with Gasteiger partial charge in [0.1, 0.15) is 18.1 Å². The van der Waals surface area contributed by atoms with Crippen molar-refractivity contribution in [1.29, 1.82) is 0 Å². The number of alkyl halides is 3. The van der Waals surface area contributed by atoms with Crippen LogP contribution in [0.15, 0.2) is 90.5 Å². The molecule has 6 unspecified atom stereocenters. The molecule has 3 aromatic carbocycles. The molecule has 1 N–H and O–H groups in total. The SMILES string of the molecule is O=C1C2CC=C3C(CC4(Cl)C(=O)N(CBr)C(=O)C4(Cl)C3c3ccc(OCc4ccccc4)cc3O)C2C(=O)N1c1ccccc1. The van der Waals surface area contributed by atoms with Crippen molar-refractivity contribution in [2.24, 2.45) is 17.8 Å². The smallest absolute Gasteiger partial charge is 0.254 e. The Morgan fingerprint density at radius 2 is 1.58 bits per heavy atom. The average Bonchev–Trinajstić information content (AvgIpc) is 3.39. The van der Waals surface area contributed by atoms with Gasteiger partial charge in [0.25, 0.3) is 11.8 Å². The van der Waals surface area contributed by atoms with Gasteiger partial charge < -0.3 is 9.84 Å². The van der Waals surface area contributed by atoms with E-state index in [2.05, 4.69) is 15.9 Å². The number of hydrogen-bond donors (Lipinski definition) is 1. The van der Waals surface area contributed by atoms with Crippen LogP contribution in [0.4, 0.5) is 5.69 Å². The van der Waals surface area contributed by atoms with E-state index in [4.69, 9.17) is 27.9 Å². The fraction of sp³-hybridized carbons (Fsp3) is 0.294. The first kappa shape index (κ1) is 30.0. The molecule has 2 aliphatic carbocycles. The molecule has 3 fully saturated rings. The second-order valence-corrected chi connectivity index (χ2v) is 13.6. The molecule has 230 valence electrons. The molecule has 6 atom stereocenters. The van der Waals surface area contributed by atoms with Gasteiger partial charge in [-0.3, -0.25) is 29.0 Å². The van der Waals surface area contributed by atoms with Gasteiger partial charge in [-0.15, -0.1) is 23.2 Å². The van der Waals surface area contributed by atoms with Crippen LogP contribution in [0, 0.1) is 17.8 Å². The van der Waals surface area contributed by atoms with Crippen molar-refractivity contribution in [2.45, 2.75) is 35.1 Å². The molecule has 8 nitrogen and oxygen atoms in total. The van der Waals surface area contributed by atoms with Crippen molar-refractivity contribution in [1.82, 2.24) is 4.90 Å². The number of anilines is 1. The summed E-state index contributed by atoms with van der Waals surface area (Å²) in [5, 5.41) is 11.4. The van der Waals surface area contributed by atoms with Crippen molar-refractivity contribution >= 4 is 68.4 Å². The summed E-state index contributed by atoms with van der Waals surface area (Å²) < 4.78 is 5.91. The molecule has 4 amide bonds. The third kappa shape index (κ3) is 4.31. The number of allylic oxidation sites excluding steroid dienone is 2. The van der Waals surface area contributed by atoms with Crippen LogP contribution in [-0.4, -0.2) is 48.8 Å². The Labute approximate surface area is 277 Å². The molecular weight excluding hydrogens is 683 g/mol. The minimum absolute atomic E-state index is 0.129. The Bertz CT molecular complexity index is 1770. The Hall–Kier alpha value is -3.66. The number of phenols is 1. The maximum atomic E-state index is 14.1. The Balaban J connectivity index is 1.32. The topological polar surface area (TPSA) is 104 Å². The van der Waals surface area contributed by atoms with Crippen LogP contribution in [0.2, 0.25) is 0 Å². The summed E-state index contributed by atoms with van der Waals surface area (Å²) in [6, 6.07) is 23.0. The molecule has 45 heavy (non-hydrogen) atoms. The highest BCUT2D eigenvalue weighted by Gasteiger charge is 2.76. The fourth-order valence-electron chi connectivity index (χ4n) is 7.53. The molecule has 0 spiro atoms. The molecule has 2 heterocycles. The summed E-state index contributed by atoms with van der Waals surface area (Å²) in [6.45, 7) is 0.269. The number of benzene rings is 3. The number of carbonyl (C=O) groups excluding carboxylic acids is 4. The number of carbonyl (C=O) groups is 4. The Morgan fingerprint density at radius 1 is 0.889 bits per heavy atom. The van der Waals surface area contributed by atoms with Crippen molar-refractivity contribution in [3.63, 3.8) is 0 Å². The first-order chi connectivity index (χ1) is 21.6. The van der Waals surface area contributed by atoms with Gasteiger partial charge in [-0.1, -0.05) is 82.2 Å². The lowest BCUT2D eigenvalue weighted by Crippen LogP contribution is -2.60. The predicted molar refractivity (Wildman–Crippen MR) is 171 cm³/mol. The first-order valence-corrected chi connectivity index (χ1v) is 16.4. The maximum absolute atomic E-state index is 14.1. The van der Waals surface area contributed by atoms with Gasteiger partial charge in [0.2, 0.25) is 11.8 Å². The van der Waals surface area contributed by atoms with E-state index in [1.54, 1.807) is 42.5 Å². The van der Waals surface area contributed by atoms with Gasteiger partial charge in [-0.25, -0.2) is 0 Å². The van der Waals surface area contributed by atoms with Crippen LogP contribution in [0.3, 0.4) is 0 Å².